The van der Waals surface area contributed by atoms with Crippen molar-refractivity contribution in [1.29, 1.82) is 0 Å². The molecular formula is C45H40N2O6. The highest BCUT2D eigenvalue weighted by Gasteiger charge is 2.30. The standard InChI is InChI=1S/C30H25NO4.C15H15NO2/c32-29(33)28(18-20-14-16-22(17-15-20)21-8-2-1-3-9-21)31-30(34)35-19-27-25-12-6-4-10-23(25)24-11-5-7-13-26(24)27;16-14(15(17)18)10-11-6-8-13(9-7-11)12-4-2-1-3-5-12/h1-17,27-28H,18-19H2,(H,31,34)(H,32,33);1-9,14H,10,16H2,(H,17,18)/t28-;14-/m00/s1. The molecule has 6 aromatic rings. The van der Waals surface area contributed by atoms with E-state index in [9.17, 15) is 19.5 Å². The van der Waals surface area contributed by atoms with E-state index in [0.29, 0.717) is 6.42 Å². The first-order chi connectivity index (χ1) is 25.8. The Bertz CT molecular complexity index is 2110. The second kappa shape index (κ2) is 17.1. The quantitative estimate of drug-likeness (QED) is 0.107. The van der Waals surface area contributed by atoms with E-state index in [0.717, 1.165) is 55.6 Å². The number of alkyl carbamates (subject to hydrolysis) is 1. The predicted octanol–water partition coefficient (Wildman–Crippen LogP) is 8.20. The Hall–Kier alpha value is -6.51. The number of hydrogen-bond donors (Lipinski definition) is 4. The fourth-order valence-electron chi connectivity index (χ4n) is 6.49. The molecule has 0 aromatic heterocycles. The molecule has 0 saturated heterocycles. The monoisotopic (exact) mass is 704 g/mol. The first kappa shape index (κ1) is 36.3. The minimum absolute atomic E-state index is 0.0815. The Morgan fingerprint density at radius 2 is 0.962 bits per heavy atom. The van der Waals surface area contributed by atoms with Crippen molar-refractivity contribution in [1.82, 2.24) is 5.32 Å². The zero-order chi connectivity index (χ0) is 37.2. The molecule has 0 unspecified atom stereocenters. The van der Waals surface area contributed by atoms with Crippen molar-refractivity contribution in [3.63, 3.8) is 0 Å². The van der Waals surface area contributed by atoms with Gasteiger partial charge in [-0.3, -0.25) is 4.79 Å². The lowest BCUT2D eigenvalue weighted by Crippen LogP contribution is -2.42. The number of carbonyl (C=O) groups excluding carboxylic acids is 1. The number of nitrogens with two attached hydrogens (primary N) is 1. The smallest absolute Gasteiger partial charge is 0.407 e. The number of amides is 1. The van der Waals surface area contributed by atoms with Crippen molar-refractivity contribution < 1.29 is 29.3 Å². The molecule has 8 nitrogen and oxygen atoms in total. The first-order valence-corrected chi connectivity index (χ1v) is 17.4. The zero-order valence-corrected chi connectivity index (χ0v) is 29.0. The SMILES string of the molecule is N[C@@H](Cc1ccc(-c2ccccc2)cc1)C(=O)O.O=C(N[C@@H](Cc1ccc(-c2ccccc2)cc1)C(=O)O)OCC1c2ccccc2-c2ccccc21. The summed E-state index contributed by atoms with van der Waals surface area (Å²) in [5.74, 6) is -2.16. The fraction of sp³-hybridized carbons (Fsp3) is 0.133. The second-order valence-electron chi connectivity index (χ2n) is 12.8. The maximum atomic E-state index is 12.6. The number of ether oxygens (including phenoxy) is 1. The summed E-state index contributed by atoms with van der Waals surface area (Å²) in [7, 11) is 0. The molecule has 6 aromatic carbocycles. The van der Waals surface area contributed by atoms with Gasteiger partial charge in [0.05, 0.1) is 0 Å². The van der Waals surface area contributed by atoms with Crippen LogP contribution >= 0.6 is 0 Å². The molecule has 1 aliphatic carbocycles. The summed E-state index contributed by atoms with van der Waals surface area (Å²) in [4.78, 5) is 35.1. The number of aliphatic carboxylic acids is 2. The number of nitrogens with one attached hydrogen (secondary N) is 1. The van der Waals surface area contributed by atoms with Gasteiger partial charge in [0.15, 0.2) is 0 Å². The van der Waals surface area contributed by atoms with E-state index >= 15 is 0 Å². The largest absolute Gasteiger partial charge is 0.480 e. The third kappa shape index (κ3) is 9.24. The van der Waals surface area contributed by atoms with Gasteiger partial charge in [0.2, 0.25) is 0 Å². The van der Waals surface area contributed by atoms with Gasteiger partial charge in [-0.05, 0) is 62.1 Å². The summed E-state index contributed by atoms with van der Waals surface area (Å²) < 4.78 is 5.52. The van der Waals surface area contributed by atoms with Crippen molar-refractivity contribution in [2.75, 3.05) is 6.61 Å². The van der Waals surface area contributed by atoms with Crippen LogP contribution in [0.15, 0.2) is 158 Å². The topological polar surface area (TPSA) is 139 Å². The molecular weight excluding hydrogens is 665 g/mol. The van der Waals surface area contributed by atoms with Crippen LogP contribution in [-0.4, -0.2) is 46.9 Å². The molecule has 5 N–H and O–H groups in total. The van der Waals surface area contributed by atoms with Crippen LogP contribution in [0.2, 0.25) is 0 Å². The van der Waals surface area contributed by atoms with E-state index in [1.54, 1.807) is 0 Å². The average Bonchev–Trinajstić information content (AvgIpc) is 3.51. The molecule has 0 bridgehead atoms. The maximum absolute atomic E-state index is 12.6. The number of hydrogen-bond acceptors (Lipinski definition) is 5. The molecule has 0 radical (unpaired) electrons. The summed E-state index contributed by atoms with van der Waals surface area (Å²) in [6.45, 7) is 0.137. The first-order valence-electron chi connectivity index (χ1n) is 17.4. The van der Waals surface area contributed by atoms with E-state index in [2.05, 4.69) is 17.4 Å². The van der Waals surface area contributed by atoms with Crippen molar-refractivity contribution in [2.45, 2.75) is 30.8 Å². The lowest BCUT2D eigenvalue weighted by molar-refractivity contribution is -0.139. The number of benzene rings is 6. The zero-order valence-electron chi connectivity index (χ0n) is 29.0. The van der Waals surface area contributed by atoms with Crippen LogP contribution in [0.3, 0.4) is 0 Å². The molecule has 0 spiro atoms. The van der Waals surface area contributed by atoms with Gasteiger partial charge in [-0.1, -0.05) is 158 Å². The third-order valence-corrected chi connectivity index (χ3v) is 9.27. The van der Waals surface area contributed by atoms with Gasteiger partial charge in [0.1, 0.15) is 18.7 Å². The minimum Gasteiger partial charge on any atom is -0.480 e. The Labute approximate surface area is 308 Å². The lowest BCUT2D eigenvalue weighted by atomic mass is 9.98. The van der Waals surface area contributed by atoms with Gasteiger partial charge < -0.3 is 26.0 Å². The average molecular weight is 705 g/mol. The van der Waals surface area contributed by atoms with Crippen LogP contribution in [0.5, 0.6) is 0 Å². The molecule has 8 heteroatoms. The van der Waals surface area contributed by atoms with Gasteiger partial charge in [-0.2, -0.15) is 0 Å². The highest BCUT2D eigenvalue weighted by atomic mass is 16.5. The Balaban J connectivity index is 0.000000225. The maximum Gasteiger partial charge on any atom is 0.407 e. The van der Waals surface area contributed by atoms with Gasteiger partial charge in [0.25, 0.3) is 0 Å². The van der Waals surface area contributed by atoms with Crippen molar-refractivity contribution in [3.8, 4) is 33.4 Å². The molecule has 7 rings (SSSR count). The number of fused-ring (bicyclic) bond motifs is 3. The van der Waals surface area contributed by atoms with E-state index in [4.69, 9.17) is 15.6 Å². The van der Waals surface area contributed by atoms with E-state index < -0.39 is 30.1 Å². The Kier molecular flexibility index (Phi) is 11.7. The normalized spacial score (nSPS) is 12.6. The Morgan fingerprint density at radius 3 is 1.42 bits per heavy atom. The lowest BCUT2D eigenvalue weighted by Gasteiger charge is -2.17. The molecule has 0 heterocycles. The van der Waals surface area contributed by atoms with Crippen LogP contribution in [0, 0.1) is 0 Å². The summed E-state index contributed by atoms with van der Waals surface area (Å²) in [6, 6.07) is 49.7. The number of carbonyl (C=O) groups is 3. The summed E-state index contributed by atoms with van der Waals surface area (Å²) >= 11 is 0. The number of carboxylic acids is 2. The second-order valence-corrected chi connectivity index (χ2v) is 12.8. The molecule has 2 atom stereocenters. The number of carboxylic acid groups (broad SMARTS) is 2. The summed E-state index contributed by atoms with van der Waals surface area (Å²) in [5, 5.41) is 21.0. The van der Waals surface area contributed by atoms with Gasteiger partial charge in [0, 0.05) is 12.3 Å². The summed E-state index contributed by atoms with van der Waals surface area (Å²) in [6.07, 6.45) is -0.223. The van der Waals surface area contributed by atoms with Crippen LogP contribution in [0.1, 0.15) is 28.2 Å². The van der Waals surface area contributed by atoms with Crippen LogP contribution < -0.4 is 11.1 Å². The molecule has 1 aliphatic rings. The number of rotatable bonds is 11. The minimum atomic E-state index is -1.11. The third-order valence-electron chi connectivity index (χ3n) is 9.27. The molecule has 0 aliphatic heterocycles. The van der Waals surface area contributed by atoms with Crippen molar-refractivity contribution in [3.05, 3.63) is 180 Å². The van der Waals surface area contributed by atoms with E-state index in [1.807, 2.05) is 146 Å². The van der Waals surface area contributed by atoms with Gasteiger partial charge in [-0.25, -0.2) is 9.59 Å². The fourth-order valence-corrected chi connectivity index (χ4v) is 6.49. The molecule has 1 amide bonds. The van der Waals surface area contributed by atoms with Crippen molar-refractivity contribution >= 4 is 18.0 Å². The highest BCUT2D eigenvalue weighted by Crippen LogP contribution is 2.44. The van der Waals surface area contributed by atoms with E-state index in [1.165, 1.54) is 0 Å². The highest BCUT2D eigenvalue weighted by molar-refractivity contribution is 5.81. The molecule has 266 valence electrons. The Morgan fingerprint density at radius 1 is 0.547 bits per heavy atom. The molecule has 0 saturated carbocycles. The van der Waals surface area contributed by atoms with Crippen LogP contribution in [0.25, 0.3) is 33.4 Å². The van der Waals surface area contributed by atoms with Crippen molar-refractivity contribution in [2.24, 2.45) is 5.73 Å². The van der Waals surface area contributed by atoms with Gasteiger partial charge >= 0.3 is 18.0 Å². The van der Waals surface area contributed by atoms with Crippen LogP contribution in [-0.2, 0) is 27.2 Å². The van der Waals surface area contributed by atoms with Gasteiger partial charge in [-0.15, -0.1) is 0 Å². The molecule has 0 fully saturated rings. The molecule has 53 heavy (non-hydrogen) atoms. The predicted molar refractivity (Wildman–Crippen MR) is 206 cm³/mol. The van der Waals surface area contributed by atoms with E-state index in [-0.39, 0.29) is 18.9 Å². The summed E-state index contributed by atoms with van der Waals surface area (Å²) in [5.41, 5.74) is 16.1. The van der Waals surface area contributed by atoms with Crippen LogP contribution in [0.4, 0.5) is 4.79 Å².